The van der Waals surface area contributed by atoms with Crippen molar-refractivity contribution in [2.75, 3.05) is 11.9 Å². The molecule has 0 atom stereocenters. The standard InChI is InChI=1S/C27H19F3I2N2O4S/c1-15-4-2-5-16(8-15)14-38-24-20(31)9-17(10-21(24)32)11-22-25(36)34(26(37)39-22)13-23(35)33-19-7-3-6-18(12-19)27(28,29)30/h2-12H,13-14H2,1H3,(H,33,35)/b22-11-. The first-order chi connectivity index (χ1) is 18.4. The van der Waals surface area contributed by atoms with Crippen molar-refractivity contribution < 1.29 is 32.3 Å². The van der Waals surface area contributed by atoms with Gasteiger partial charge in [0.25, 0.3) is 11.1 Å². The molecule has 6 nitrogen and oxygen atoms in total. The molecule has 0 aromatic heterocycles. The Morgan fingerprint density at radius 2 is 1.74 bits per heavy atom. The van der Waals surface area contributed by atoms with Crippen molar-refractivity contribution >= 4 is 85.8 Å². The zero-order chi connectivity index (χ0) is 28.3. The molecule has 0 bridgehead atoms. The number of aryl methyl sites for hydroxylation is 1. The van der Waals surface area contributed by atoms with E-state index in [-0.39, 0.29) is 10.6 Å². The molecular formula is C27H19F3I2N2O4S. The first-order valence-electron chi connectivity index (χ1n) is 11.3. The molecule has 12 heteroatoms. The Balaban J connectivity index is 1.43. The predicted molar refractivity (Wildman–Crippen MR) is 160 cm³/mol. The number of alkyl halides is 3. The fourth-order valence-corrected chi connectivity index (χ4v) is 6.63. The molecule has 1 N–H and O–H groups in total. The average molecular weight is 778 g/mol. The minimum absolute atomic E-state index is 0.0915. The van der Waals surface area contributed by atoms with Gasteiger partial charge in [0.1, 0.15) is 18.9 Å². The van der Waals surface area contributed by atoms with Crippen LogP contribution >= 0.6 is 56.9 Å². The summed E-state index contributed by atoms with van der Waals surface area (Å²) in [6, 6.07) is 15.8. The third-order valence-electron chi connectivity index (χ3n) is 5.43. The number of thioether (sulfide) groups is 1. The molecule has 0 radical (unpaired) electrons. The largest absolute Gasteiger partial charge is 0.487 e. The highest BCUT2D eigenvalue weighted by Gasteiger charge is 2.36. The highest BCUT2D eigenvalue weighted by molar-refractivity contribution is 14.1. The van der Waals surface area contributed by atoms with Crippen LogP contribution in [0.4, 0.5) is 23.7 Å². The van der Waals surface area contributed by atoms with Crippen LogP contribution in [0.1, 0.15) is 22.3 Å². The molecule has 1 heterocycles. The van der Waals surface area contributed by atoms with E-state index in [1.165, 1.54) is 6.07 Å². The van der Waals surface area contributed by atoms with E-state index in [9.17, 15) is 27.6 Å². The average Bonchev–Trinajstić information content (AvgIpc) is 3.10. The van der Waals surface area contributed by atoms with Gasteiger partial charge in [0.05, 0.1) is 17.6 Å². The van der Waals surface area contributed by atoms with Crippen molar-refractivity contribution in [1.82, 2.24) is 4.90 Å². The number of hydrogen-bond acceptors (Lipinski definition) is 5. The van der Waals surface area contributed by atoms with Gasteiger partial charge in [-0.15, -0.1) is 0 Å². The summed E-state index contributed by atoms with van der Waals surface area (Å²) in [7, 11) is 0. The lowest BCUT2D eigenvalue weighted by atomic mass is 10.1. The number of amides is 3. The van der Waals surface area contributed by atoms with Crippen molar-refractivity contribution in [2.45, 2.75) is 19.7 Å². The lowest BCUT2D eigenvalue weighted by Crippen LogP contribution is -2.36. The van der Waals surface area contributed by atoms with Gasteiger partial charge in [-0.2, -0.15) is 13.2 Å². The van der Waals surface area contributed by atoms with Crippen molar-refractivity contribution in [1.29, 1.82) is 0 Å². The maximum atomic E-state index is 12.9. The molecule has 1 aliphatic heterocycles. The molecule has 3 amide bonds. The summed E-state index contributed by atoms with van der Waals surface area (Å²) in [6.07, 6.45) is -3.01. The van der Waals surface area contributed by atoms with Crippen LogP contribution < -0.4 is 10.1 Å². The van der Waals surface area contributed by atoms with Gasteiger partial charge in [0.2, 0.25) is 5.91 Å². The molecule has 202 valence electrons. The first-order valence-corrected chi connectivity index (χ1v) is 14.3. The second-order valence-electron chi connectivity index (χ2n) is 8.49. The monoisotopic (exact) mass is 778 g/mol. The minimum Gasteiger partial charge on any atom is -0.487 e. The van der Waals surface area contributed by atoms with E-state index >= 15 is 0 Å². The van der Waals surface area contributed by atoms with Crippen LogP contribution in [-0.2, 0) is 22.4 Å². The van der Waals surface area contributed by atoms with Crippen LogP contribution in [0.2, 0.25) is 0 Å². The molecule has 0 saturated carbocycles. The number of ether oxygens (including phenoxy) is 1. The topological polar surface area (TPSA) is 75.7 Å². The molecule has 0 spiro atoms. The third-order valence-corrected chi connectivity index (χ3v) is 7.94. The van der Waals surface area contributed by atoms with E-state index in [1.54, 1.807) is 6.08 Å². The summed E-state index contributed by atoms with van der Waals surface area (Å²) in [5.74, 6) is -0.750. The van der Waals surface area contributed by atoms with Crippen LogP contribution in [0.5, 0.6) is 5.75 Å². The molecule has 4 rings (SSSR count). The maximum absolute atomic E-state index is 12.9. The quantitative estimate of drug-likeness (QED) is 0.199. The van der Waals surface area contributed by atoms with E-state index < -0.39 is 35.3 Å². The van der Waals surface area contributed by atoms with Crippen LogP contribution in [0.15, 0.2) is 65.6 Å². The Hall–Kier alpha value is -2.59. The number of halogens is 5. The number of imide groups is 1. The number of benzene rings is 3. The SMILES string of the molecule is Cc1cccc(COc2c(I)cc(/C=C3\SC(=O)N(CC(=O)Nc4cccc(C(F)(F)F)c4)C3=O)cc2I)c1. The summed E-state index contributed by atoms with van der Waals surface area (Å²) in [5.41, 5.74) is 1.83. The fraction of sp³-hybridized carbons (Fsp3) is 0.148. The Kier molecular flexibility index (Phi) is 9.26. The Morgan fingerprint density at radius 1 is 1.05 bits per heavy atom. The fourth-order valence-electron chi connectivity index (χ4n) is 3.66. The van der Waals surface area contributed by atoms with E-state index in [2.05, 4.69) is 50.5 Å². The predicted octanol–water partition coefficient (Wildman–Crippen LogP) is 7.48. The van der Waals surface area contributed by atoms with Crippen molar-refractivity contribution in [2.24, 2.45) is 0 Å². The van der Waals surface area contributed by atoms with E-state index in [0.29, 0.717) is 29.7 Å². The summed E-state index contributed by atoms with van der Waals surface area (Å²) in [6.45, 7) is 1.78. The second-order valence-corrected chi connectivity index (χ2v) is 11.8. The lowest BCUT2D eigenvalue weighted by molar-refractivity contribution is -0.137. The molecule has 1 saturated heterocycles. The van der Waals surface area contributed by atoms with Gasteiger partial charge in [0, 0.05) is 5.69 Å². The number of carbonyl (C=O) groups excluding carboxylic acids is 3. The van der Waals surface area contributed by atoms with Crippen LogP contribution in [0.25, 0.3) is 6.08 Å². The number of rotatable bonds is 7. The normalized spacial score (nSPS) is 14.7. The van der Waals surface area contributed by atoms with Crippen molar-refractivity contribution in [3.63, 3.8) is 0 Å². The number of hydrogen-bond donors (Lipinski definition) is 1. The van der Waals surface area contributed by atoms with Gasteiger partial charge in [-0.3, -0.25) is 19.3 Å². The maximum Gasteiger partial charge on any atom is 0.416 e. The lowest BCUT2D eigenvalue weighted by Gasteiger charge is -2.13. The van der Waals surface area contributed by atoms with Crippen LogP contribution in [0.3, 0.4) is 0 Å². The van der Waals surface area contributed by atoms with Crippen LogP contribution in [0, 0.1) is 14.1 Å². The van der Waals surface area contributed by atoms with Crippen molar-refractivity contribution in [3.05, 3.63) is 95.0 Å². The zero-order valence-corrected chi connectivity index (χ0v) is 25.3. The summed E-state index contributed by atoms with van der Waals surface area (Å²) >= 11 is 4.98. The van der Waals surface area contributed by atoms with E-state index in [0.717, 1.165) is 41.4 Å². The highest BCUT2D eigenvalue weighted by atomic mass is 127. The Bertz CT molecular complexity index is 1470. The summed E-state index contributed by atoms with van der Waals surface area (Å²) in [4.78, 5) is 38.6. The highest BCUT2D eigenvalue weighted by Crippen LogP contribution is 2.35. The summed E-state index contributed by atoms with van der Waals surface area (Å²) in [5, 5.41) is 1.66. The molecule has 0 unspecified atom stereocenters. The molecule has 1 aliphatic rings. The van der Waals surface area contributed by atoms with Gasteiger partial charge >= 0.3 is 6.18 Å². The van der Waals surface area contributed by atoms with Gasteiger partial charge in [0.15, 0.2) is 0 Å². The van der Waals surface area contributed by atoms with Crippen LogP contribution in [-0.4, -0.2) is 28.5 Å². The number of nitrogens with zero attached hydrogens (tertiary/aromatic N) is 1. The Morgan fingerprint density at radius 3 is 2.41 bits per heavy atom. The number of carbonyl (C=O) groups is 3. The summed E-state index contributed by atoms with van der Waals surface area (Å²) < 4.78 is 46.4. The first kappa shape index (κ1) is 29.4. The van der Waals surface area contributed by atoms with E-state index in [1.807, 2.05) is 43.3 Å². The molecular weight excluding hydrogens is 759 g/mol. The van der Waals surface area contributed by atoms with E-state index in [4.69, 9.17) is 4.74 Å². The van der Waals surface area contributed by atoms with Gasteiger partial charge in [-0.05, 0) is 111 Å². The molecule has 3 aromatic rings. The van der Waals surface area contributed by atoms with Crippen molar-refractivity contribution in [3.8, 4) is 5.75 Å². The Labute approximate surface area is 253 Å². The third kappa shape index (κ3) is 7.54. The van der Waals surface area contributed by atoms with Gasteiger partial charge in [-0.1, -0.05) is 35.9 Å². The zero-order valence-electron chi connectivity index (χ0n) is 20.1. The number of nitrogens with one attached hydrogen (secondary N) is 1. The molecule has 3 aromatic carbocycles. The van der Waals surface area contributed by atoms with Gasteiger partial charge in [-0.25, -0.2) is 0 Å². The molecule has 1 fully saturated rings. The minimum atomic E-state index is -4.57. The number of anilines is 1. The molecule has 0 aliphatic carbocycles. The van der Waals surface area contributed by atoms with Gasteiger partial charge < -0.3 is 10.1 Å². The smallest absolute Gasteiger partial charge is 0.416 e. The molecule has 39 heavy (non-hydrogen) atoms. The second kappa shape index (κ2) is 12.3.